The lowest BCUT2D eigenvalue weighted by Gasteiger charge is -2.31. The molecule has 2 aromatic rings. The second-order valence-corrected chi connectivity index (χ2v) is 6.10. The van der Waals surface area contributed by atoms with Crippen molar-refractivity contribution in [3.8, 4) is 11.5 Å². The van der Waals surface area contributed by atoms with Gasteiger partial charge < -0.3 is 19.1 Å². The van der Waals surface area contributed by atoms with Crippen molar-refractivity contribution >= 4 is 12.2 Å². The molecule has 0 bridgehead atoms. The molecule has 1 aliphatic rings. The summed E-state index contributed by atoms with van der Waals surface area (Å²) < 4.78 is 17.1. The number of ether oxygens (including phenoxy) is 3. The van der Waals surface area contributed by atoms with Crippen molar-refractivity contribution in [2.24, 2.45) is 0 Å². The highest BCUT2D eigenvalue weighted by Crippen LogP contribution is 2.33. The van der Waals surface area contributed by atoms with Gasteiger partial charge in [0.05, 0.1) is 19.8 Å². The SMILES string of the molecule is CCOc1cc(C=O)ccc1O[C@@H](C(=O)N1CCOCC1)c1ccccc1. The fraction of sp³-hybridized carbons (Fsp3) is 0.333. The van der Waals surface area contributed by atoms with Crippen LogP contribution in [0.15, 0.2) is 48.5 Å². The Morgan fingerprint density at radius 1 is 1.15 bits per heavy atom. The first-order chi connectivity index (χ1) is 13.2. The van der Waals surface area contributed by atoms with E-state index in [2.05, 4.69) is 0 Å². The van der Waals surface area contributed by atoms with E-state index in [1.54, 1.807) is 23.1 Å². The highest BCUT2D eigenvalue weighted by Gasteiger charge is 2.29. The van der Waals surface area contributed by atoms with Crippen LogP contribution >= 0.6 is 0 Å². The van der Waals surface area contributed by atoms with Gasteiger partial charge in [0.25, 0.3) is 5.91 Å². The summed E-state index contributed by atoms with van der Waals surface area (Å²) in [6.45, 7) is 4.38. The minimum Gasteiger partial charge on any atom is -0.490 e. The van der Waals surface area contributed by atoms with Crippen molar-refractivity contribution in [2.45, 2.75) is 13.0 Å². The Bertz CT molecular complexity index is 771. The summed E-state index contributed by atoms with van der Waals surface area (Å²) in [6.07, 6.45) is -0.0505. The highest BCUT2D eigenvalue weighted by molar-refractivity contribution is 5.83. The van der Waals surface area contributed by atoms with Crippen molar-refractivity contribution in [1.29, 1.82) is 0 Å². The van der Waals surface area contributed by atoms with E-state index in [-0.39, 0.29) is 5.91 Å². The van der Waals surface area contributed by atoms with E-state index >= 15 is 0 Å². The van der Waals surface area contributed by atoms with Gasteiger partial charge in [0, 0.05) is 24.2 Å². The molecule has 2 aromatic carbocycles. The van der Waals surface area contributed by atoms with Gasteiger partial charge in [-0.3, -0.25) is 9.59 Å². The van der Waals surface area contributed by atoms with E-state index in [4.69, 9.17) is 14.2 Å². The van der Waals surface area contributed by atoms with E-state index in [0.29, 0.717) is 50.0 Å². The maximum absolute atomic E-state index is 13.1. The van der Waals surface area contributed by atoms with Crippen molar-refractivity contribution in [3.05, 3.63) is 59.7 Å². The molecule has 1 saturated heterocycles. The predicted octanol–water partition coefficient (Wildman–Crippen LogP) is 2.88. The Labute approximate surface area is 158 Å². The molecule has 0 aromatic heterocycles. The molecule has 3 rings (SSSR count). The monoisotopic (exact) mass is 369 g/mol. The Balaban J connectivity index is 1.92. The number of hydrogen-bond acceptors (Lipinski definition) is 5. The Morgan fingerprint density at radius 3 is 2.56 bits per heavy atom. The molecule has 6 heteroatoms. The number of aldehydes is 1. The minimum atomic E-state index is -0.800. The summed E-state index contributed by atoms with van der Waals surface area (Å²) in [5.41, 5.74) is 1.25. The van der Waals surface area contributed by atoms with Crippen LogP contribution in [-0.2, 0) is 9.53 Å². The molecular formula is C21H23NO5. The number of carbonyl (C=O) groups is 2. The standard InChI is InChI=1S/C21H23NO5/c1-2-26-19-14-16(15-23)8-9-18(19)27-20(17-6-4-3-5-7-17)21(24)22-10-12-25-13-11-22/h3-9,14-15,20H,2,10-13H2,1H3/t20-/m1/s1. The molecule has 0 spiro atoms. The van der Waals surface area contributed by atoms with Crippen molar-refractivity contribution < 1.29 is 23.8 Å². The molecule has 1 heterocycles. The average molecular weight is 369 g/mol. The lowest BCUT2D eigenvalue weighted by atomic mass is 10.1. The maximum Gasteiger partial charge on any atom is 0.268 e. The summed E-state index contributed by atoms with van der Waals surface area (Å²) >= 11 is 0. The van der Waals surface area contributed by atoms with Crippen LogP contribution in [0, 0.1) is 0 Å². The largest absolute Gasteiger partial charge is 0.490 e. The molecule has 0 saturated carbocycles. The van der Waals surface area contributed by atoms with Crippen LogP contribution in [0.1, 0.15) is 28.9 Å². The zero-order chi connectivity index (χ0) is 19.1. The first-order valence-electron chi connectivity index (χ1n) is 9.03. The average Bonchev–Trinajstić information content (AvgIpc) is 2.73. The van der Waals surface area contributed by atoms with Crippen molar-refractivity contribution in [1.82, 2.24) is 4.90 Å². The van der Waals surface area contributed by atoms with Gasteiger partial charge in [-0.05, 0) is 25.1 Å². The summed E-state index contributed by atoms with van der Waals surface area (Å²) in [7, 11) is 0. The number of benzene rings is 2. The summed E-state index contributed by atoms with van der Waals surface area (Å²) in [4.78, 5) is 26.0. The number of hydrogen-bond donors (Lipinski definition) is 0. The summed E-state index contributed by atoms with van der Waals surface area (Å²) in [5, 5.41) is 0. The van der Waals surface area contributed by atoms with Gasteiger partial charge in [-0.1, -0.05) is 30.3 Å². The van der Waals surface area contributed by atoms with Crippen molar-refractivity contribution in [3.63, 3.8) is 0 Å². The topological polar surface area (TPSA) is 65.1 Å². The molecule has 0 aliphatic carbocycles. The highest BCUT2D eigenvalue weighted by atomic mass is 16.5. The molecule has 27 heavy (non-hydrogen) atoms. The van der Waals surface area contributed by atoms with E-state index in [9.17, 15) is 9.59 Å². The number of carbonyl (C=O) groups excluding carboxylic acids is 2. The van der Waals surface area contributed by atoms with Crippen LogP contribution < -0.4 is 9.47 Å². The maximum atomic E-state index is 13.1. The second kappa shape index (κ2) is 9.19. The molecule has 0 radical (unpaired) electrons. The van der Waals surface area contributed by atoms with Crippen LogP contribution in [0.5, 0.6) is 11.5 Å². The molecule has 6 nitrogen and oxygen atoms in total. The summed E-state index contributed by atoms with van der Waals surface area (Å²) in [6, 6.07) is 14.3. The lowest BCUT2D eigenvalue weighted by molar-refractivity contribution is -0.143. The first-order valence-corrected chi connectivity index (χ1v) is 9.03. The van der Waals surface area contributed by atoms with Crippen LogP contribution in [0.25, 0.3) is 0 Å². The zero-order valence-electron chi connectivity index (χ0n) is 15.3. The first kappa shape index (κ1) is 18.9. The van der Waals surface area contributed by atoms with E-state index in [1.807, 2.05) is 37.3 Å². The molecule has 1 fully saturated rings. The molecule has 0 unspecified atom stereocenters. The molecule has 0 N–H and O–H groups in total. The quantitative estimate of drug-likeness (QED) is 0.702. The smallest absolute Gasteiger partial charge is 0.268 e. The van der Waals surface area contributed by atoms with Crippen LogP contribution in [0.4, 0.5) is 0 Å². The minimum absolute atomic E-state index is 0.119. The summed E-state index contributed by atoms with van der Waals surface area (Å²) in [5.74, 6) is 0.752. The second-order valence-electron chi connectivity index (χ2n) is 6.10. The lowest BCUT2D eigenvalue weighted by Crippen LogP contribution is -2.44. The van der Waals surface area contributed by atoms with Gasteiger partial charge in [0.1, 0.15) is 6.29 Å². The van der Waals surface area contributed by atoms with Crippen molar-refractivity contribution in [2.75, 3.05) is 32.9 Å². The third-order valence-corrected chi connectivity index (χ3v) is 4.30. The molecule has 142 valence electrons. The third kappa shape index (κ3) is 4.65. The van der Waals surface area contributed by atoms with Crippen LogP contribution in [0.3, 0.4) is 0 Å². The van der Waals surface area contributed by atoms with Crippen LogP contribution in [-0.4, -0.2) is 50.0 Å². The molecule has 1 amide bonds. The van der Waals surface area contributed by atoms with E-state index in [0.717, 1.165) is 11.8 Å². The molecule has 1 atom stereocenters. The number of rotatable bonds is 7. The number of amides is 1. The fourth-order valence-corrected chi connectivity index (χ4v) is 2.93. The Hall–Kier alpha value is -2.86. The third-order valence-electron chi connectivity index (χ3n) is 4.30. The van der Waals surface area contributed by atoms with Gasteiger partial charge in [-0.15, -0.1) is 0 Å². The van der Waals surface area contributed by atoms with Crippen LogP contribution in [0.2, 0.25) is 0 Å². The molecule has 1 aliphatic heterocycles. The van der Waals surface area contributed by atoms with Gasteiger partial charge in [-0.2, -0.15) is 0 Å². The normalized spacial score (nSPS) is 15.1. The van der Waals surface area contributed by atoms with Gasteiger partial charge in [0.15, 0.2) is 11.5 Å². The predicted molar refractivity (Wildman–Crippen MR) is 100 cm³/mol. The van der Waals surface area contributed by atoms with Gasteiger partial charge in [-0.25, -0.2) is 0 Å². The van der Waals surface area contributed by atoms with Gasteiger partial charge >= 0.3 is 0 Å². The molecular weight excluding hydrogens is 346 g/mol. The Morgan fingerprint density at radius 2 is 1.89 bits per heavy atom. The fourth-order valence-electron chi connectivity index (χ4n) is 2.93. The zero-order valence-corrected chi connectivity index (χ0v) is 15.3. The van der Waals surface area contributed by atoms with E-state index < -0.39 is 6.10 Å². The number of morpholine rings is 1. The van der Waals surface area contributed by atoms with Gasteiger partial charge in [0.2, 0.25) is 6.10 Å². The van der Waals surface area contributed by atoms with E-state index in [1.165, 1.54) is 0 Å². The Kier molecular flexibility index (Phi) is 6.44. The number of nitrogens with zero attached hydrogens (tertiary/aromatic N) is 1.